The van der Waals surface area contributed by atoms with Crippen molar-refractivity contribution in [2.45, 2.75) is 217 Å². The molecule has 4 aliphatic rings. The zero-order valence-electron chi connectivity index (χ0n) is 73.1. The van der Waals surface area contributed by atoms with Crippen molar-refractivity contribution in [2.75, 3.05) is 16.0 Å². The van der Waals surface area contributed by atoms with Crippen molar-refractivity contribution in [3.8, 4) is 46.0 Å². The van der Waals surface area contributed by atoms with Crippen molar-refractivity contribution in [1.29, 1.82) is 0 Å². The molecule has 0 saturated heterocycles. The van der Waals surface area contributed by atoms with Gasteiger partial charge in [-0.15, -0.1) is 0 Å². The van der Waals surface area contributed by atoms with Crippen LogP contribution in [0.1, 0.15) is 262 Å². The summed E-state index contributed by atoms with van der Waals surface area (Å²) in [5.41, 5.74) is 9.68. The third kappa shape index (κ3) is 16.2. The molecule has 15 rings (SSSR count). The average molecular weight is 1640 g/mol. The molecule has 4 atom stereocenters. The molecule has 2 aliphatic carbocycles. The lowest BCUT2D eigenvalue weighted by Gasteiger charge is -2.40. The molecular weight excluding hydrogens is 1520 g/mol. The minimum Gasteiger partial charge on any atom is -0.456 e. The third-order valence-corrected chi connectivity index (χ3v) is 26.0. The van der Waals surface area contributed by atoms with Crippen LogP contribution in [0.15, 0.2) is 170 Å². The molecule has 7 amide bonds. The van der Waals surface area contributed by atoms with E-state index in [9.17, 15) is 9.59 Å². The number of hydrogen-bond acceptors (Lipinski definition) is 12. The SMILES string of the molecule is C=C(C)C(=O)Cc1cccc(NC(=O)C(C(C)C2CCCCC2)N2C(=O)c3cc(Oc4ccc(C(C)C)cc4C)c4c5c(Oc6ccc(C(C)C)cc6C)cc6c7c(cc(Oc8ccc(C(C)C)cc8C)c(c8c(Oc9ccc(C(C)C)cc9C)cc(c3c48)C2=O)c75)C(=O)N(C(C(=O)Nc2cccc(NC(=O)C(=C)C)c2)C(C)C2CCCCC2)C6=O)c1. The number of amides is 7. The first kappa shape index (κ1) is 84.8. The molecule has 2 fully saturated rings. The Balaban J connectivity index is 1.08. The number of imide groups is 2. The maximum atomic E-state index is 17.2. The number of hydrogen-bond donors (Lipinski definition) is 3. The number of anilines is 3. The summed E-state index contributed by atoms with van der Waals surface area (Å²) in [4.78, 5) is 130. The zero-order valence-corrected chi connectivity index (χ0v) is 73.1. The van der Waals surface area contributed by atoms with Crippen LogP contribution in [0.25, 0.3) is 43.1 Å². The standard InChI is InChI=1S/C105H111N5O12/c1-54(2)69-35-39-81(60(13)43-69)119-85-50-76-89-77(103(116)109(102(76)115)97(64(17)67-28-21-19-22-29-67)100(113)107-73-32-25-27-66(47-73)48-80(111)58(9)10)51-86(120-82-40-36-70(55(3)4)44-61(82)14)92-94-88(122-84-42-38-72(57(7)8)46-63(84)16)53-79-90-78(52-87(93(96(90)94)91(85)95(89)92)121-83-41-37-71(56(5)6)45-62(83)15)104(117)110(105(79)118)98(65(18)68-30-23-20-24-31-68)101(114)108-75-34-26-33-74(49-75)106-99(112)59(11)12/h25-27,32-47,49-57,64-65,67-68,97-98H,9,11,19-24,28-31,48H2,1-8,10,12-18H3,(H,106,112)(H,107,113)(H,108,114). The first-order chi connectivity index (χ1) is 58.2. The lowest BCUT2D eigenvalue weighted by molar-refractivity contribution is -0.122. The van der Waals surface area contributed by atoms with E-state index in [1.165, 1.54) is 0 Å². The lowest BCUT2D eigenvalue weighted by Crippen LogP contribution is -2.56. The minimum absolute atomic E-state index is 0.0249. The van der Waals surface area contributed by atoms with Gasteiger partial charge < -0.3 is 34.9 Å². The molecule has 0 radical (unpaired) electrons. The molecule has 122 heavy (non-hydrogen) atoms. The summed E-state index contributed by atoms with van der Waals surface area (Å²) in [5.74, 6) is -3.66. The Hall–Kier alpha value is -12.2. The highest BCUT2D eigenvalue weighted by molar-refractivity contribution is 6.45. The molecule has 3 N–H and O–H groups in total. The van der Waals surface area contributed by atoms with Gasteiger partial charge in [-0.1, -0.05) is 213 Å². The fourth-order valence-corrected chi connectivity index (χ4v) is 18.9. The third-order valence-electron chi connectivity index (χ3n) is 26.0. The van der Waals surface area contributed by atoms with Crippen molar-refractivity contribution in [2.24, 2.45) is 23.7 Å². The van der Waals surface area contributed by atoms with Crippen molar-refractivity contribution >= 4 is 107 Å². The number of benzene rings is 11. The van der Waals surface area contributed by atoms with Crippen molar-refractivity contribution in [3.05, 3.63) is 242 Å². The summed E-state index contributed by atoms with van der Waals surface area (Å²) in [6.45, 7) is 39.6. The van der Waals surface area contributed by atoms with E-state index in [0.29, 0.717) is 83.5 Å². The van der Waals surface area contributed by atoms with Gasteiger partial charge in [0.15, 0.2) is 5.78 Å². The van der Waals surface area contributed by atoms with E-state index in [1.54, 1.807) is 86.6 Å². The van der Waals surface area contributed by atoms with Crippen molar-refractivity contribution in [3.63, 3.8) is 0 Å². The Morgan fingerprint density at radius 1 is 0.361 bits per heavy atom. The molecule has 2 saturated carbocycles. The number of carbonyl (C=O) groups excluding carboxylic acids is 8. The second-order valence-corrected chi connectivity index (χ2v) is 36.1. The Morgan fingerprint density at radius 3 is 0.959 bits per heavy atom. The van der Waals surface area contributed by atoms with E-state index in [4.69, 9.17) is 18.9 Å². The summed E-state index contributed by atoms with van der Waals surface area (Å²) < 4.78 is 30.6. The summed E-state index contributed by atoms with van der Waals surface area (Å²) in [7, 11) is 0. The first-order valence-corrected chi connectivity index (χ1v) is 43.5. The van der Waals surface area contributed by atoms with E-state index >= 15 is 28.8 Å². The van der Waals surface area contributed by atoms with Gasteiger partial charge in [0.2, 0.25) is 11.8 Å². The molecule has 17 nitrogen and oxygen atoms in total. The number of nitrogens with zero attached hydrogens (tertiary/aromatic N) is 2. The summed E-state index contributed by atoms with van der Waals surface area (Å²) in [5, 5.41) is 11.4. The highest BCUT2D eigenvalue weighted by Crippen LogP contribution is 2.59. The van der Waals surface area contributed by atoms with Crippen LogP contribution in [0, 0.1) is 51.4 Å². The first-order valence-electron chi connectivity index (χ1n) is 43.5. The molecule has 2 aliphatic heterocycles. The molecule has 628 valence electrons. The second-order valence-electron chi connectivity index (χ2n) is 36.1. The lowest BCUT2D eigenvalue weighted by atomic mass is 9.75. The predicted octanol–water partition coefficient (Wildman–Crippen LogP) is 25.5. The highest BCUT2D eigenvalue weighted by atomic mass is 16.5. The van der Waals surface area contributed by atoms with Crippen molar-refractivity contribution in [1.82, 2.24) is 9.80 Å². The van der Waals surface area contributed by atoms with Gasteiger partial charge in [-0.3, -0.25) is 48.2 Å². The molecule has 0 bridgehead atoms. The fraction of sp³-hybridized carbons (Fsp3) is 0.352. The number of aryl methyl sites for hydroxylation is 4. The Kier molecular flexibility index (Phi) is 23.9. The second kappa shape index (κ2) is 34.3. The largest absolute Gasteiger partial charge is 0.456 e. The molecule has 11 aromatic carbocycles. The molecule has 2 heterocycles. The smallest absolute Gasteiger partial charge is 0.262 e. The predicted molar refractivity (Wildman–Crippen MR) is 486 cm³/mol. The molecular formula is C105H111N5O12. The molecule has 4 unspecified atom stereocenters. The zero-order chi connectivity index (χ0) is 86.9. The number of ketones is 1. The molecule has 0 spiro atoms. The van der Waals surface area contributed by atoms with Gasteiger partial charge >= 0.3 is 0 Å². The number of Topliss-reactive ketones (excluding diaryl/α,β-unsaturated/α-hetero) is 1. The average Bonchev–Trinajstić information content (AvgIpc) is 0.667. The van der Waals surface area contributed by atoms with E-state index in [2.05, 4.69) is 109 Å². The number of rotatable bonds is 27. The van der Waals surface area contributed by atoms with Gasteiger partial charge in [0.05, 0.1) is 22.3 Å². The Bertz CT molecular complexity index is 5530. The van der Waals surface area contributed by atoms with Crippen LogP contribution in [-0.4, -0.2) is 69.0 Å². The summed E-state index contributed by atoms with van der Waals surface area (Å²) >= 11 is 0. The van der Waals surface area contributed by atoms with Crippen LogP contribution in [0.4, 0.5) is 17.1 Å². The van der Waals surface area contributed by atoms with Gasteiger partial charge in [0.1, 0.15) is 58.1 Å². The van der Waals surface area contributed by atoms with Crippen LogP contribution in [0.3, 0.4) is 0 Å². The maximum Gasteiger partial charge on any atom is 0.262 e. The van der Waals surface area contributed by atoms with Gasteiger partial charge in [0.25, 0.3) is 29.5 Å². The maximum absolute atomic E-state index is 17.2. The Labute approximate surface area is 715 Å². The fourth-order valence-electron chi connectivity index (χ4n) is 18.9. The van der Waals surface area contributed by atoms with Gasteiger partial charge in [-0.05, 0) is 223 Å². The van der Waals surface area contributed by atoms with E-state index in [-0.39, 0.29) is 109 Å². The number of fused-ring (bicyclic) bond motifs is 2. The quantitative estimate of drug-likeness (QED) is 0.0190. The molecule has 11 aromatic rings. The monoisotopic (exact) mass is 1630 g/mol. The van der Waals surface area contributed by atoms with E-state index < -0.39 is 65.3 Å². The number of carbonyl (C=O) groups is 8. The van der Waals surface area contributed by atoms with Gasteiger partial charge in [0, 0.05) is 72.1 Å². The topological polar surface area (TPSA) is 216 Å². The van der Waals surface area contributed by atoms with Gasteiger partial charge in [-0.25, -0.2) is 0 Å². The van der Waals surface area contributed by atoms with Gasteiger partial charge in [-0.2, -0.15) is 0 Å². The Morgan fingerprint density at radius 2 is 0.664 bits per heavy atom. The van der Waals surface area contributed by atoms with Crippen LogP contribution in [0.5, 0.6) is 46.0 Å². The van der Waals surface area contributed by atoms with E-state index in [0.717, 1.165) is 119 Å². The number of ether oxygens (including phenoxy) is 4. The summed E-state index contributed by atoms with van der Waals surface area (Å²) in [6, 6.07) is 41.5. The minimum atomic E-state index is -1.43. The van der Waals surface area contributed by atoms with Crippen LogP contribution >= 0.6 is 0 Å². The normalized spacial score (nSPS) is 15.6. The van der Waals surface area contributed by atoms with Crippen LogP contribution in [-0.2, 0) is 25.6 Å². The van der Waals surface area contributed by atoms with Crippen molar-refractivity contribution < 1.29 is 57.3 Å². The highest BCUT2D eigenvalue weighted by Gasteiger charge is 2.50. The molecule has 0 aromatic heterocycles. The van der Waals surface area contributed by atoms with Crippen LogP contribution < -0.4 is 34.9 Å². The van der Waals surface area contributed by atoms with Crippen LogP contribution in [0.2, 0.25) is 0 Å². The van der Waals surface area contributed by atoms with E-state index in [1.807, 2.05) is 90.1 Å². The summed E-state index contributed by atoms with van der Waals surface area (Å²) in [6.07, 6.45) is 8.58. The molecule has 17 heteroatoms. The number of nitrogens with one attached hydrogen (secondary N) is 3. The number of allylic oxidation sites excluding steroid dienone is 1.